The van der Waals surface area contributed by atoms with Gasteiger partial charge in [-0.1, -0.05) is 0 Å². The molecule has 1 rings (SSSR count). The number of carbonyl (C=O) groups is 1. The van der Waals surface area contributed by atoms with Crippen molar-refractivity contribution in [2.24, 2.45) is 0 Å². The third kappa shape index (κ3) is 4.65. The molecule has 0 saturated carbocycles. The van der Waals surface area contributed by atoms with Crippen LogP contribution in [-0.4, -0.2) is 23.8 Å². The van der Waals surface area contributed by atoms with Crippen LogP contribution in [0, 0.1) is 6.92 Å². The van der Waals surface area contributed by atoms with E-state index in [0.29, 0.717) is 11.3 Å². The van der Waals surface area contributed by atoms with Gasteiger partial charge in [-0.05, 0) is 37.1 Å². The van der Waals surface area contributed by atoms with Gasteiger partial charge in [-0.3, -0.25) is 0 Å². The highest BCUT2D eigenvalue weighted by atomic mass is 19.4. The molecule has 18 heavy (non-hydrogen) atoms. The Balaban J connectivity index is 2.51. The summed E-state index contributed by atoms with van der Waals surface area (Å²) in [6.07, 6.45) is -4.97. The van der Waals surface area contributed by atoms with Gasteiger partial charge in [-0.25, -0.2) is 4.79 Å². The molecular weight excluding hydrogens is 247 g/mol. The van der Waals surface area contributed by atoms with E-state index in [4.69, 9.17) is 5.11 Å². The van der Waals surface area contributed by atoms with Crippen molar-refractivity contribution in [3.8, 4) is 0 Å². The summed E-state index contributed by atoms with van der Waals surface area (Å²) in [7, 11) is 0. The lowest BCUT2D eigenvalue weighted by Crippen LogP contribution is -2.11. The first-order valence-electron chi connectivity index (χ1n) is 5.44. The van der Waals surface area contributed by atoms with Crippen molar-refractivity contribution in [3.63, 3.8) is 0 Å². The first-order valence-corrected chi connectivity index (χ1v) is 5.44. The quantitative estimate of drug-likeness (QED) is 0.798. The second-order valence-corrected chi connectivity index (χ2v) is 3.98. The lowest BCUT2D eigenvalue weighted by Gasteiger charge is -2.11. The van der Waals surface area contributed by atoms with Gasteiger partial charge in [0.1, 0.15) is 0 Å². The predicted molar refractivity (Wildman–Crippen MR) is 61.9 cm³/mol. The van der Waals surface area contributed by atoms with Crippen molar-refractivity contribution >= 4 is 11.7 Å². The zero-order valence-corrected chi connectivity index (χ0v) is 9.84. The third-order valence-corrected chi connectivity index (χ3v) is 2.43. The molecule has 0 amide bonds. The number of aryl methyl sites for hydroxylation is 1. The number of rotatable bonds is 5. The maximum absolute atomic E-state index is 11.9. The molecule has 0 heterocycles. The standard InChI is InChI=1S/C12H14F3NO2/c1-8-7-9(11(17)18)3-4-10(8)16-6-2-5-12(13,14)15/h3-4,7,16H,2,5-6H2,1H3,(H,17,18). The number of carboxylic acid groups (broad SMARTS) is 1. The Kier molecular flexibility index (Phi) is 4.58. The monoisotopic (exact) mass is 261 g/mol. The molecule has 0 spiro atoms. The number of anilines is 1. The van der Waals surface area contributed by atoms with E-state index in [1.165, 1.54) is 12.1 Å². The minimum absolute atomic E-state index is 0.0103. The summed E-state index contributed by atoms with van der Waals surface area (Å²) in [6, 6.07) is 4.46. The fourth-order valence-electron chi connectivity index (χ4n) is 1.51. The first kappa shape index (κ1) is 14.3. The largest absolute Gasteiger partial charge is 0.478 e. The van der Waals surface area contributed by atoms with Crippen LogP contribution < -0.4 is 5.32 Å². The molecule has 6 heteroatoms. The number of aromatic carboxylic acids is 1. The second-order valence-electron chi connectivity index (χ2n) is 3.98. The van der Waals surface area contributed by atoms with E-state index in [-0.39, 0.29) is 18.5 Å². The highest BCUT2D eigenvalue weighted by Gasteiger charge is 2.25. The molecule has 100 valence electrons. The Bertz CT molecular complexity index is 430. The van der Waals surface area contributed by atoms with Crippen LogP contribution in [0.4, 0.5) is 18.9 Å². The molecule has 1 aromatic carbocycles. The highest BCUT2D eigenvalue weighted by Crippen LogP contribution is 2.22. The SMILES string of the molecule is Cc1cc(C(=O)O)ccc1NCCCC(F)(F)F. The van der Waals surface area contributed by atoms with Crippen LogP contribution in [0.15, 0.2) is 18.2 Å². The van der Waals surface area contributed by atoms with Gasteiger partial charge in [0.25, 0.3) is 0 Å². The Labute approximate surface area is 103 Å². The van der Waals surface area contributed by atoms with E-state index in [1.54, 1.807) is 13.0 Å². The maximum atomic E-state index is 11.9. The molecule has 0 bridgehead atoms. The van der Waals surface area contributed by atoms with Gasteiger partial charge in [-0.2, -0.15) is 13.2 Å². The van der Waals surface area contributed by atoms with Gasteiger partial charge in [0.15, 0.2) is 0 Å². The summed E-state index contributed by atoms with van der Waals surface area (Å²) < 4.78 is 35.7. The maximum Gasteiger partial charge on any atom is 0.389 e. The summed E-state index contributed by atoms with van der Waals surface area (Å²) in [6.45, 7) is 1.91. The van der Waals surface area contributed by atoms with E-state index in [1.807, 2.05) is 0 Å². The lowest BCUT2D eigenvalue weighted by atomic mass is 10.1. The lowest BCUT2D eigenvalue weighted by molar-refractivity contribution is -0.134. The van der Waals surface area contributed by atoms with Gasteiger partial charge < -0.3 is 10.4 Å². The number of nitrogens with one attached hydrogen (secondary N) is 1. The molecule has 0 fully saturated rings. The van der Waals surface area contributed by atoms with E-state index in [0.717, 1.165) is 0 Å². The average molecular weight is 261 g/mol. The Hall–Kier alpha value is -1.72. The van der Waals surface area contributed by atoms with E-state index < -0.39 is 18.6 Å². The molecule has 0 radical (unpaired) electrons. The van der Waals surface area contributed by atoms with Crippen LogP contribution in [0.5, 0.6) is 0 Å². The van der Waals surface area contributed by atoms with Crippen LogP contribution in [0.2, 0.25) is 0 Å². The predicted octanol–water partition coefficient (Wildman–Crippen LogP) is 3.45. The molecule has 0 aliphatic rings. The number of carboxylic acids is 1. The van der Waals surface area contributed by atoms with Gasteiger partial charge in [0.05, 0.1) is 5.56 Å². The minimum atomic E-state index is -4.14. The molecular formula is C12H14F3NO2. The smallest absolute Gasteiger partial charge is 0.389 e. The van der Waals surface area contributed by atoms with Crippen molar-refractivity contribution in [2.75, 3.05) is 11.9 Å². The molecule has 3 nitrogen and oxygen atoms in total. The minimum Gasteiger partial charge on any atom is -0.478 e. The van der Waals surface area contributed by atoms with Crippen molar-refractivity contribution in [1.29, 1.82) is 0 Å². The normalized spacial score (nSPS) is 11.3. The fourth-order valence-corrected chi connectivity index (χ4v) is 1.51. The molecule has 0 unspecified atom stereocenters. The van der Waals surface area contributed by atoms with Crippen LogP contribution in [0.1, 0.15) is 28.8 Å². The van der Waals surface area contributed by atoms with Gasteiger partial charge in [0.2, 0.25) is 0 Å². The van der Waals surface area contributed by atoms with Crippen molar-refractivity contribution < 1.29 is 23.1 Å². The molecule has 0 aromatic heterocycles. The Morgan fingerprint density at radius 2 is 2.06 bits per heavy atom. The second kappa shape index (κ2) is 5.75. The first-order chi connectivity index (χ1) is 8.29. The van der Waals surface area contributed by atoms with Crippen LogP contribution in [0.3, 0.4) is 0 Å². The molecule has 0 saturated heterocycles. The molecule has 1 aromatic rings. The van der Waals surface area contributed by atoms with E-state index in [9.17, 15) is 18.0 Å². The summed E-state index contributed by atoms with van der Waals surface area (Å²) in [5.41, 5.74) is 1.51. The number of alkyl halides is 3. The molecule has 0 aliphatic carbocycles. The molecule has 0 aliphatic heterocycles. The summed E-state index contributed by atoms with van der Waals surface area (Å²) in [5, 5.41) is 11.6. The number of halogens is 3. The van der Waals surface area contributed by atoms with Gasteiger partial charge in [0, 0.05) is 18.7 Å². The van der Waals surface area contributed by atoms with Crippen molar-refractivity contribution in [2.45, 2.75) is 25.9 Å². The topological polar surface area (TPSA) is 49.3 Å². The van der Waals surface area contributed by atoms with Crippen LogP contribution in [0.25, 0.3) is 0 Å². The van der Waals surface area contributed by atoms with Crippen molar-refractivity contribution in [3.05, 3.63) is 29.3 Å². The number of benzene rings is 1. The number of hydrogen-bond donors (Lipinski definition) is 2. The molecule has 0 atom stereocenters. The zero-order chi connectivity index (χ0) is 13.8. The van der Waals surface area contributed by atoms with E-state index in [2.05, 4.69) is 5.32 Å². The number of hydrogen-bond acceptors (Lipinski definition) is 2. The van der Waals surface area contributed by atoms with Crippen LogP contribution in [-0.2, 0) is 0 Å². The highest BCUT2D eigenvalue weighted by molar-refractivity contribution is 5.88. The van der Waals surface area contributed by atoms with Gasteiger partial charge >= 0.3 is 12.1 Å². The summed E-state index contributed by atoms with van der Waals surface area (Å²) in [4.78, 5) is 10.7. The fraction of sp³-hybridized carbons (Fsp3) is 0.417. The Morgan fingerprint density at radius 3 is 2.56 bits per heavy atom. The van der Waals surface area contributed by atoms with Crippen molar-refractivity contribution in [1.82, 2.24) is 0 Å². The summed E-state index contributed by atoms with van der Waals surface area (Å²) in [5.74, 6) is -1.03. The average Bonchev–Trinajstić information content (AvgIpc) is 2.24. The van der Waals surface area contributed by atoms with Gasteiger partial charge in [-0.15, -0.1) is 0 Å². The summed E-state index contributed by atoms with van der Waals surface area (Å²) >= 11 is 0. The zero-order valence-electron chi connectivity index (χ0n) is 9.84. The third-order valence-electron chi connectivity index (χ3n) is 2.43. The van der Waals surface area contributed by atoms with Crippen LogP contribution >= 0.6 is 0 Å². The van der Waals surface area contributed by atoms with E-state index >= 15 is 0 Å². The molecule has 2 N–H and O–H groups in total. The Morgan fingerprint density at radius 1 is 1.39 bits per heavy atom.